The summed E-state index contributed by atoms with van der Waals surface area (Å²) in [5.74, 6) is -0.0411. The molecule has 0 fully saturated rings. The number of amides is 1. The number of allylic oxidation sites excluding steroid dienone is 1. The van der Waals surface area contributed by atoms with Crippen LogP contribution in [0, 0.1) is 6.92 Å². The molecule has 0 N–H and O–H groups in total. The van der Waals surface area contributed by atoms with Crippen LogP contribution in [0.4, 0.5) is 0 Å². The lowest BCUT2D eigenvalue weighted by atomic mass is 10.0. The molecular formula is C25H25NO4. The molecule has 154 valence electrons. The molecule has 5 heteroatoms. The van der Waals surface area contributed by atoms with Gasteiger partial charge in [-0.3, -0.25) is 4.79 Å². The van der Waals surface area contributed by atoms with Crippen LogP contribution in [0.1, 0.15) is 23.6 Å². The van der Waals surface area contributed by atoms with Gasteiger partial charge >= 0.3 is 5.97 Å². The van der Waals surface area contributed by atoms with E-state index in [2.05, 4.69) is 6.58 Å². The van der Waals surface area contributed by atoms with E-state index in [0.717, 1.165) is 16.7 Å². The second-order valence-corrected chi connectivity index (χ2v) is 7.06. The summed E-state index contributed by atoms with van der Waals surface area (Å²) in [5, 5.41) is 0. The summed E-state index contributed by atoms with van der Waals surface area (Å²) in [7, 11) is 1.32. The topological polar surface area (TPSA) is 55.8 Å². The number of hydrogen-bond acceptors (Lipinski definition) is 4. The van der Waals surface area contributed by atoms with Crippen LogP contribution in [-0.4, -0.2) is 30.5 Å². The minimum Gasteiger partial charge on any atom is -0.490 e. The van der Waals surface area contributed by atoms with Gasteiger partial charge in [-0.25, -0.2) is 4.79 Å². The van der Waals surface area contributed by atoms with Gasteiger partial charge in [0.25, 0.3) is 5.91 Å². The highest BCUT2D eigenvalue weighted by molar-refractivity contribution is 6.16. The third-order valence-electron chi connectivity index (χ3n) is 4.92. The lowest BCUT2D eigenvalue weighted by Crippen LogP contribution is -2.24. The molecule has 0 spiro atoms. The molecule has 1 amide bonds. The van der Waals surface area contributed by atoms with Crippen molar-refractivity contribution in [2.24, 2.45) is 0 Å². The fraction of sp³-hybridized carbons (Fsp3) is 0.200. The number of esters is 1. The van der Waals surface area contributed by atoms with Gasteiger partial charge in [-0.2, -0.15) is 0 Å². The van der Waals surface area contributed by atoms with Crippen molar-refractivity contribution in [3.8, 4) is 5.75 Å². The number of methoxy groups -OCH3 is 1. The van der Waals surface area contributed by atoms with E-state index < -0.39 is 5.97 Å². The summed E-state index contributed by atoms with van der Waals surface area (Å²) < 4.78 is 10.4. The van der Waals surface area contributed by atoms with Crippen molar-refractivity contribution in [2.45, 2.75) is 20.4 Å². The smallest absolute Gasteiger partial charge is 0.340 e. The normalized spacial score (nSPS) is 15.0. The molecule has 0 aliphatic carbocycles. The zero-order valence-corrected chi connectivity index (χ0v) is 17.5. The molecule has 2 aromatic rings. The summed E-state index contributed by atoms with van der Waals surface area (Å²) in [4.78, 5) is 27.3. The molecule has 0 saturated heterocycles. The molecule has 0 bridgehead atoms. The maximum absolute atomic E-state index is 13.2. The van der Waals surface area contributed by atoms with E-state index in [9.17, 15) is 9.59 Å². The second-order valence-electron chi connectivity index (χ2n) is 7.06. The maximum Gasteiger partial charge on any atom is 0.340 e. The van der Waals surface area contributed by atoms with Crippen LogP contribution in [0.5, 0.6) is 5.75 Å². The van der Waals surface area contributed by atoms with Crippen LogP contribution in [0.3, 0.4) is 0 Å². The van der Waals surface area contributed by atoms with E-state index in [4.69, 9.17) is 9.47 Å². The van der Waals surface area contributed by atoms with Gasteiger partial charge in [0, 0.05) is 5.70 Å². The zero-order chi connectivity index (χ0) is 21.7. The van der Waals surface area contributed by atoms with E-state index in [1.807, 2.05) is 55.5 Å². The lowest BCUT2D eigenvalue weighted by molar-refractivity contribution is -0.136. The van der Waals surface area contributed by atoms with Gasteiger partial charge in [0.15, 0.2) is 0 Å². The third-order valence-corrected chi connectivity index (χ3v) is 4.92. The van der Waals surface area contributed by atoms with Crippen molar-refractivity contribution in [2.75, 3.05) is 13.7 Å². The number of carbonyl (C=O) groups is 2. The number of hydrogen-bond donors (Lipinski definition) is 0. The first-order valence-corrected chi connectivity index (χ1v) is 9.67. The monoisotopic (exact) mass is 403 g/mol. The highest BCUT2D eigenvalue weighted by Crippen LogP contribution is 2.33. The SMILES string of the molecule is C=CCOc1ccc(C=C2C(=O)N(Cc3ccc(C)cc3)C(C)=C2C(=O)OC)cc1. The summed E-state index contributed by atoms with van der Waals surface area (Å²) >= 11 is 0. The Morgan fingerprint density at radius 3 is 2.33 bits per heavy atom. The molecule has 30 heavy (non-hydrogen) atoms. The van der Waals surface area contributed by atoms with Gasteiger partial charge in [0.05, 0.1) is 24.8 Å². The van der Waals surface area contributed by atoms with Gasteiger partial charge in [-0.05, 0) is 43.2 Å². The highest BCUT2D eigenvalue weighted by atomic mass is 16.5. The van der Waals surface area contributed by atoms with Crippen LogP contribution in [0.25, 0.3) is 6.08 Å². The van der Waals surface area contributed by atoms with E-state index in [1.54, 1.807) is 24.0 Å². The molecule has 1 heterocycles. The van der Waals surface area contributed by atoms with Crippen LogP contribution >= 0.6 is 0 Å². The summed E-state index contributed by atoms with van der Waals surface area (Å²) in [5.41, 5.74) is 4.13. The first-order valence-electron chi connectivity index (χ1n) is 9.67. The van der Waals surface area contributed by atoms with Crippen molar-refractivity contribution in [3.63, 3.8) is 0 Å². The Kier molecular flexibility index (Phi) is 6.52. The largest absolute Gasteiger partial charge is 0.490 e. The number of rotatable bonds is 7. The molecule has 1 aliphatic heterocycles. The van der Waals surface area contributed by atoms with Gasteiger partial charge < -0.3 is 14.4 Å². The average molecular weight is 403 g/mol. The molecule has 0 saturated carbocycles. The molecule has 0 unspecified atom stereocenters. The Morgan fingerprint density at radius 1 is 1.07 bits per heavy atom. The molecule has 1 aliphatic rings. The van der Waals surface area contributed by atoms with E-state index in [0.29, 0.717) is 35.7 Å². The molecule has 0 radical (unpaired) electrons. The van der Waals surface area contributed by atoms with E-state index >= 15 is 0 Å². The molecular weight excluding hydrogens is 378 g/mol. The first kappa shape index (κ1) is 21.1. The number of benzene rings is 2. The number of aryl methyl sites for hydroxylation is 1. The van der Waals surface area contributed by atoms with E-state index in [1.165, 1.54) is 7.11 Å². The Balaban J connectivity index is 1.93. The van der Waals surface area contributed by atoms with Crippen molar-refractivity contribution >= 4 is 18.0 Å². The Labute approximate surface area is 176 Å². The maximum atomic E-state index is 13.2. The number of nitrogens with zero attached hydrogens (tertiary/aromatic N) is 1. The minimum atomic E-state index is -0.524. The van der Waals surface area contributed by atoms with Crippen molar-refractivity contribution in [1.29, 1.82) is 0 Å². The van der Waals surface area contributed by atoms with Gasteiger partial charge in [0.1, 0.15) is 12.4 Å². The minimum absolute atomic E-state index is 0.222. The van der Waals surface area contributed by atoms with Crippen LogP contribution < -0.4 is 4.74 Å². The zero-order valence-electron chi connectivity index (χ0n) is 17.5. The Morgan fingerprint density at radius 2 is 1.73 bits per heavy atom. The molecule has 5 nitrogen and oxygen atoms in total. The average Bonchev–Trinajstić information content (AvgIpc) is 2.98. The summed E-state index contributed by atoms with van der Waals surface area (Å²) in [6, 6.07) is 15.3. The second kappa shape index (κ2) is 9.27. The fourth-order valence-electron chi connectivity index (χ4n) is 3.28. The van der Waals surface area contributed by atoms with Crippen molar-refractivity contribution in [3.05, 3.63) is 94.7 Å². The predicted octanol–water partition coefficient (Wildman–Crippen LogP) is 4.43. The number of carbonyl (C=O) groups excluding carboxylic acids is 2. The van der Waals surface area contributed by atoms with Crippen LogP contribution in [-0.2, 0) is 20.9 Å². The van der Waals surface area contributed by atoms with Gasteiger partial charge in [-0.1, -0.05) is 54.6 Å². The molecule has 0 atom stereocenters. The highest BCUT2D eigenvalue weighted by Gasteiger charge is 2.36. The first-order chi connectivity index (χ1) is 14.4. The fourth-order valence-corrected chi connectivity index (χ4v) is 3.28. The van der Waals surface area contributed by atoms with Gasteiger partial charge in [-0.15, -0.1) is 0 Å². The molecule has 0 aromatic heterocycles. The Bertz CT molecular complexity index is 1010. The standard InChI is InChI=1S/C25H25NO4/c1-5-14-30-21-12-10-19(11-13-21)15-22-23(25(28)29-4)18(3)26(24(22)27)16-20-8-6-17(2)7-9-20/h5-13,15H,1,14,16H2,2-4H3. The summed E-state index contributed by atoms with van der Waals surface area (Å²) in [6.07, 6.45) is 3.39. The summed E-state index contributed by atoms with van der Waals surface area (Å²) in [6.45, 7) is 8.21. The third kappa shape index (κ3) is 4.51. The molecule has 2 aromatic carbocycles. The lowest BCUT2D eigenvalue weighted by Gasteiger charge is -2.18. The van der Waals surface area contributed by atoms with E-state index in [-0.39, 0.29) is 5.91 Å². The quantitative estimate of drug-likeness (QED) is 0.390. The van der Waals surface area contributed by atoms with Crippen LogP contribution in [0.15, 0.2) is 78.0 Å². The van der Waals surface area contributed by atoms with Crippen LogP contribution in [0.2, 0.25) is 0 Å². The Hall–Kier alpha value is -3.60. The molecule has 3 rings (SSSR count). The van der Waals surface area contributed by atoms with Gasteiger partial charge in [0.2, 0.25) is 0 Å². The predicted molar refractivity (Wildman–Crippen MR) is 117 cm³/mol. The number of ether oxygens (including phenoxy) is 2. The van der Waals surface area contributed by atoms with Crippen molar-refractivity contribution in [1.82, 2.24) is 4.90 Å². The van der Waals surface area contributed by atoms with Crippen molar-refractivity contribution < 1.29 is 19.1 Å².